The van der Waals surface area contributed by atoms with Crippen molar-refractivity contribution in [3.05, 3.63) is 28.3 Å². The first kappa shape index (κ1) is 21.3. The molecule has 0 aromatic heterocycles. The summed E-state index contributed by atoms with van der Waals surface area (Å²) < 4.78 is 32.7. The molecule has 1 N–H and O–H groups in total. The minimum absolute atomic E-state index is 0.00193. The molecule has 0 radical (unpaired) electrons. The van der Waals surface area contributed by atoms with Gasteiger partial charge in [-0.15, -0.1) is 0 Å². The summed E-state index contributed by atoms with van der Waals surface area (Å²) in [7, 11) is 1.14. The van der Waals surface area contributed by atoms with Crippen LogP contribution in [0.15, 0.2) is 23.1 Å². The summed E-state index contributed by atoms with van der Waals surface area (Å²) in [6.07, 6.45) is 1.84. The lowest BCUT2D eigenvalue weighted by molar-refractivity contribution is -0.387. The summed E-state index contributed by atoms with van der Waals surface area (Å²) in [5.41, 5.74) is -0.504. The largest absolute Gasteiger partial charge is 0.497 e. The van der Waals surface area contributed by atoms with E-state index in [1.165, 1.54) is 19.2 Å². The van der Waals surface area contributed by atoms with E-state index in [0.29, 0.717) is 5.92 Å². The van der Waals surface area contributed by atoms with E-state index < -0.39 is 20.6 Å². The molecule has 0 saturated heterocycles. The fourth-order valence-corrected chi connectivity index (χ4v) is 4.07. The van der Waals surface area contributed by atoms with E-state index in [9.17, 15) is 18.5 Å². The summed E-state index contributed by atoms with van der Waals surface area (Å²) in [5.74, 6) is 0.553. The lowest BCUT2D eigenvalue weighted by Gasteiger charge is -2.31. The van der Waals surface area contributed by atoms with Crippen LogP contribution in [0.25, 0.3) is 0 Å². The Hall–Kier alpha value is -1.71. The smallest absolute Gasteiger partial charge is 0.293 e. The van der Waals surface area contributed by atoms with Crippen molar-refractivity contribution in [2.45, 2.75) is 37.6 Å². The number of ether oxygens (including phenoxy) is 1. The van der Waals surface area contributed by atoms with Crippen molar-refractivity contribution in [2.24, 2.45) is 5.92 Å². The van der Waals surface area contributed by atoms with Gasteiger partial charge >= 0.3 is 0 Å². The number of hydrogen-bond acceptors (Lipinski definition) is 6. The maximum absolute atomic E-state index is 12.6. The molecule has 0 saturated carbocycles. The highest BCUT2D eigenvalue weighted by molar-refractivity contribution is 7.89. The molecule has 1 aromatic rings. The van der Waals surface area contributed by atoms with Crippen LogP contribution in [0, 0.1) is 16.0 Å². The van der Waals surface area contributed by atoms with Crippen LogP contribution in [0.4, 0.5) is 5.69 Å². The van der Waals surface area contributed by atoms with E-state index in [1.54, 1.807) is 0 Å². The standard InChI is InChI=1S/C16H27N3O5S/c1-6-12(7-2)15(18(3)4)11-17-25(22,23)16-9-8-13(24-5)10-14(16)19(20)21/h8-10,12,15,17H,6-7,11H2,1-5H3/t15-/m1/s1. The lowest BCUT2D eigenvalue weighted by Crippen LogP contribution is -2.44. The molecule has 142 valence electrons. The van der Waals surface area contributed by atoms with Crippen LogP contribution >= 0.6 is 0 Å². The number of nitro groups is 1. The second-order valence-electron chi connectivity index (χ2n) is 6.05. The molecule has 1 aromatic carbocycles. The van der Waals surface area contributed by atoms with Crippen molar-refractivity contribution in [1.29, 1.82) is 0 Å². The zero-order valence-corrected chi connectivity index (χ0v) is 16.2. The highest BCUT2D eigenvalue weighted by Gasteiger charge is 2.29. The first-order valence-electron chi connectivity index (χ1n) is 8.16. The second-order valence-corrected chi connectivity index (χ2v) is 7.79. The Morgan fingerprint density at radius 1 is 1.28 bits per heavy atom. The van der Waals surface area contributed by atoms with Gasteiger partial charge in [0.05, 0.1) is 18.1 Å². The number of sulfonamides is 1. The molecule has 0 unspecified atom stereocenters. The van der Waals surface area contributed by atoms with Gasteiger partial charge in [-0.25, -0.2) is 13.1 Å². The summed E-state index contributed by atoms with van der Waals surface area (Å²) in [6, 6.07) is 3.70. The Morgan fingerprint density at radius 2 is 1.88 bits per heavy atom. The second kappa shape index (κ2) is 9.12. The van der Waals surface area contributed by atoms with Gasteiger partial charge in [0, 0.05) is 12.6 Å². The Morgan fingerprint density at radius 3 is 2.32 bits per heavy atom. The first-order valence-corrected chi connectivity index (χ1v) is 9.64. The number of benzene rings is 1. The van der Waals surface area contributed by atoms with Crippen molar-refractivity contribution >= 4 is 15.7 Å². The Balaban J connectivity index is 3.11. The maximum Gasteiger partial charge on any atom is 0.293 e. The number of nitrogens with zero attached hydrogens (tertiary/aromatic N) is 2. The molecule has 0 fully saturated rings. The van der Waals surface area contributed by atoms with Gasteiger partial charge in [-0.3, -0.25) is 10.1 Å². The summed E-state index contributed by atoms with van der Waals surface area (Å²) in [4.78, 5) is 12.1. The Bertz CT molecular complexity index is 687. The van der Waals surface area contributed by atoms with Crippen molar-refractivity contribution in [1.82, 2.24) is 9.62 Å². The summed E-state index contributed by atoms with van der Waals surface area (Å²) >= 11 is 0. The molecule has 0 amide bonds. The minimum Gasteiger partial charge on any atom is -0.497 e. The highest BCUT2D eigenvalue weighted by atomic mass is 32.2. The van der Waals surface area contributed by atoms with Crippen LogP contribution in [0.5, 0.6) is 5.75 Å². The van der Waals surface area contributed by atoms with Crippen LogP contribution in [-0.4, -0.2) is 52.0 Å². The van der Waals surface area contributed by atoms with Crippen molar-refractivity contribution in [2.75, 3.05) is 27.7 Å². The molecule has 0 bridgehead atoms. The van der Waals surface area contributed by atoms with E-state index in [1.807, 2.05) is 19.0 Å². The molecule has 9 heteroatoms. The number of methoxy groups -OCH3 is 1. The topological polar surface area (TPSA) is 102 Å². The molecule has 8 nitrogen and oxygen atoms in total. The zero-order valence-electron chi connectivity index (χ0n) is 15.4. The molecule has 1 rings (SSSR count). The van der Waals surface area contributed by atoms with E-state index in [0.717, 1.165) is 18.9 Å². The van der Waals surface area contributed by atoms with Crippen molar-refractivity contribution in [3.8, 4) is 5.75 Å². The average molecular weight is 373 g/mol. The van der Waals surface area contributed by atoms with Gasteiger partial charge in [-0.05, 0) is 32.1 Å². The molecule has 0 aliphatic carbocycles. The fourth-order valence-electron chi connectivity index (χ4n) is 2.87. The van der Waals surface area contributed by atoms with Gasteiger partial charge in [-0.2, -0.15) is 0 Å². The van der Waals surface area contributed by atoms with E-state index in [2.05, 4.69) is 18.6 Å². The van der Waals surface area contributed by atoms with Crippen LogP contribution in [0.1, 0.15) is 26.7 Å². The third kappa shape index (κ3) is 5.38. The van der Waals surface area contributed by atoms with E-state index >= 15 is 0 Å². The number of hydrogen-bond donors (Lipinski definition) is 1. The normalized spacial score (nSPS) is 13.2. The third-order valence-corrected chi connectivity index (χ3v) is 5.86. The predicted molar refractivity (Wildman–Crippen MR) is 96.4 cm³/mol. The molecule has 0 aliphatic heterocycles. The molecule has 1 atom stereocenters. The Kier molecular flexibility index (Phi) is 7.78. The monoisotopic (exact) mass is 373 g/mol. The van der Waals surface area contributed by atoms with Crippen LogP contribution in [0.3, 0.4) is 0 Å². The van der Waals surface area contributed by atoms with Gasteiger partial charge in [0.2, 0.25) is 10.0 Å². The fraction of sp³-hybridized carbons (Fsp3) is 0.625. The summed E-state index contributed by atoms with van der Waals surface area (Å²) in [5, 5.41) is 11.2. The van der Waals surface area contributed by atoms with Gasteiger partial charge in [0.1, 0.15) is 5.75 Å². The Labute approximate surface area is 149 Å². The minimum atomic E-state index is -4.01. The van der Waals surface area contributed by atoms with Crippen LogP contribution in [-0.2, 0) is 10.0 Å². The zero-order chi connectivity index (χ0) is 19.2. The third-order valence-electron chi connectivity index (χ3n) is 4.39. The van der Waals surface area contributed by atoms with Crippen LogP contribution in [0.2, 0.25) is 0 Å². The SMILES string of the molecule is CCC(CC)[C@@H](CNS(=O)(=O)c1ccc(OC)cc1[N+](=O)[O-])N(C)C. The van der Waals surface area contributed by atoms with Gasteiger partial charge in [-0.1, -0.05) is 26.7 Å². The highest BCUT2D eigenvalue weighted by Crippen LogP contribution is 2.28. The van der Waals surface area contributed by atoms with Crippen molar-refractivity contribution < 1.29 is 18.1 Å². The molecular formula is C16H27N3O5S. The van der Waals surface area contributed by atoms with Gasteiger partial charge in [0.15, 0.2) is 4.90 Å². The number of likely N-dealkylation sites (N-methyl/N-ethyl adjacent to an activating group) is 1. The quantitative estimate of drug-likeness (QED) is 0.498. The van der Waals surface area contributed by atoms with Crippen LogP contribution < -0.4 is 9.46 Å². The first-order chi connectivity index (χ1) is 11.7. The lowest BCUT2D eigenvalue weighted by atomic mass is 9.93. The maximum atomic E-state index is 12.6. The average Bonchev–Trinajstić information content (AvgIpc) is 2.57. The van der Waals surface area contributed by atoms with E-state index in [-0.39, 0.29) is 23.2 Å². The van der Waals surface area contributed by atoms with Gasteiger partial charge < -0.3 is 9.64 Å². The molecule has 25 heavy (non-hydrogen) atoms. The molecule has 0 spiro atoms. The molecule has 0 heterocycles. The molecular weight excluding hydrogens is 346 g/mol. The van der Waals surface area contributed by atoms with E-state index in [4.69, 9.17) is 4.74 Å². The number of nitrogens with one attached hydrogen (secondary N) is 1. The molecule has 0 aliphatic rings. The number of rotatable bonds is 10. The number of nitro benzene ring substituents is 1. The summed E-state index contributed by atoms with van der Waals surface area (Å²) in [6.45, 7) is 4.31. The van der Waals surface area contributed by atoms with Gasteiger partial charge in [0.25, 0.3) is 5.69 Å². The van der Waals surface area contributed by atoms with Crippen molar-refractivity contribution in [3.63, 3.8) is 0 Å². The predicted octanol–water partition coefficient (Wildman–Crippen LogP) is 2.25.